The van der Waals surface area contributed by atoms with Crippen molar-refractivity contribution in [2.24, 2.45) is 0 Å². The minimum atomic E-state index is 0.0128. The van der Waals surface area contributed by atoms with Crippen molar-refractivity contribution in [1.82, 2.24) is 5.32 Å². The van der Waals surface area contributed by atoms with E-state index in [2.05, 4.69) is 50.4 Å². The van der Waals surface area contributed by atoms with Crippen LogP contribution >= 0.6 is 0 Å². The van der Waals surface area contributed by atoms with Crippen LogP contribution in [0.4, 0.5) is 0 Å². The molecule has 0 fully saturated rings. The van der Waals surface area contributed by atoms with E-state index in [0.717, 1.165) is 17.5 Å². The van der Waals surface area contributed by atoms with E-state index in [4.69, 9.17) is 0 Å². The average molecular weight is 309 g/mol. The number of benzene rings is 2. The molecule has 0 heterocycles. The van der Waals surface area contributed by atoms with Crippen molar-refractivity contribution in [3.63, 3.8) is 0 Å². The Hall–Kier alpha value is -2.09. The minimum absolute atomic E-state index is 0.0128. The number of carbonyl (C=O) groups is 1. The summed E-state index contributed by atoms with van der Waals surface area (Å²) in [6, 6.07) is 16.5. The molecule has 0 aliphatic carbocycles. The summed E-state index contributed by atoms with van der Waals surface area (Å²) in [5, 5.41) is 3.14. The highest BCUT2D eigenvalue weighted by atomic mass is 16.1. The number of carbonyl (C=O) groups excluding carboxylic acids is 1. The Labute approximate surface area is 139 Å². The van der Waals surface area contributed by atoms with Crippen LogP contribution in [-0.2, 0) is 5.41 Å². The highest BCUT2D eigenvalue weighted by Gasteiger charge is 2.24. The van der Waals surface area contributed by atoms with Gasteiger partial charge in [-0.3, -0.25) is 4.79 Å². The van der Waals surface area contributed by atoms with Crippen molar-refractivity contribution < 1.29 is 4.79 Å². The number of hydrogen-bond acceptors (Lipinski definition) is 1. The Morgan fingerprint density at radius 2 is 1.74 bits per heavy atom. The summed E-state index contributed by atoms with van der Waals surface area (Å²) in [7, 11) is 0. The highest BCUT2D eigenvalue weighted by molar-refractivity contribution is 5.95. The topological polar surface area (TPSA) is 29.1 Å². The molecule has 0 aromatic heterocycles. The van der Waals surface area contributed by atoms with E-state index in [1.54, 1.807) is 0 Å². The van der Waals surface area contributed by atoms with Gasteiger partial charge in [0.2, 0.25) is 0 Å². The SMILES string of the molecule is Cc1ccc(C(=O)N[C@H](C)CC(C)(C)c2ccccc2)c(C)c1. The number of hydrogen-bond donors (Lipinski definition) is 1. The predicted molar refractivity (Wildman–Crippen MR) is 96.9 cm³/mol. The number of aryl methyl sites for hydroxylation is 2. The second-order valence-electron chi connectivity index (χ2n) is 7.15. The lowest BCUT2D eigenvalue weighted by Crippen LogP contribution is -2.37. The van der Waals surface area contributed by atoms with Crippen molar-refractivity contribution in [3.8, 4) is 0 Å². The van der Waals surface area contributed by atoms with Gasteiger partial charge in [-0.1, -0.05) is 61.9 Å². The first kappa shape index (κ1) is 17.3. The van der Waals surface area contributed by atoms with E-state index in [0.29, 0.717) is 0 Å². The summed E-state index contributed by atoms with van der Waals surface area (Å²) in [6.07, 6.45) is 0.896. The zero-order valence-electron chi connectivity index (χ0n) is 14.8. The van der Waals surface area contributed by atoms with Crippen molar-refractivity contribution in [3.05, 3.63) is 70.8 Å². The first-order chi connectivity index (χ1) is 10.8. The Kier molecular flexibility index (Phi) is 5.25. The number of nitrogens with one attached hydrogen (secondary N) is 1. The largest absolute Gasteiger partial charge is 0.350 e. The third kappa shape index (κ3) is 4.44. The third-order valence-corrected chi connectivity index (χ3v) is 4.38. The molecular formula is C21H27NO. The van der Waals surface area contributed by atoms with Crippen LogP contribution in [-0.4, -0.2) is 11.9 Å². The molecule has 0 aliphatic heterocycles. The van der Waals surface area contributed by atoms with E-state index < -0.39 is 0 Å². The van der Waals surface area contributed by atoms with E-state index in [1.165, 1.54) is 11.1 Å². The quantitative estimate of drug-likeness (QED) is 0.845. The lowest BCUT2D eigenvalue weighted by molar-refractivity contribution is 0.0934. The summed E-state index contributed by atoms with van der Waals surface area (Å²) in [6.45, 7) is 10.6. The van der Waals surface area contributed by atoms with Gasteiger partial charge in [0.1, 0.15) is 0 Å². The first-order valence-corrected chi connectivity index (χ1v) is 8.23. The fourth-order valence-corrected chi connectivity index (χ4v) is 3.19. The Bertz CT molecular complexity index is 673. The van der Waals surface area contributed by atoms with E-state index in [1.807, 2.05) is 38.1 Å². The van der Waals surface area contributed by atoms with Gasteiger partial charge >= 0.3 is 0 Å². The van der Waals surface area contributed by atoms with Crippen LogP contribution in [0.25, 0.3) is 0 Å². The Morgan fingerprint density at radius 1 is 1.09 bits per heavy atom. The second kappa shape index (κ2) is 6.99. The molecule has 0 radical (unpaired) electrons. The monoisotopic (exact) mass is 309 g/mol. The zero-order valence-corrected chi connectivity index (χ0v) is 14.8. The van der Waals surface area contributed by atoms with Crippen LogP contribution < -0.4 is 5.32 Å². The molecule has 2 rings (SSSR count). The second-order valence-corrected chi connectivity index (χ2v) is 7.15. The molecule has 23 heavy (non-hydrogen) atoms. The zero-order chi connectivity index (χ0) is 17.0. The average Bonchev–Trinajstić information content (AvgIpc) is 2.47. The third-order valence-electron chi connectivity index (χ3n) is 4.38. The van der Waals surface area contributed by atoms with Gasteiger partial charge in [0, 0.05) is 11.6 Å². The molecule has 1 N–H and O–H groups in total. The van der Waals surface area contributed by atoms with E-state index in [-0.39, 0.29) is 17.4 Å². The van der Waals surface area contributed by atoms with Crippen LogP contribution in [0.1, 0.15) is 54.2 Å². The van der Waals surface area contributed by atoms with Crippen LogP contribution in [0, 0.1) is 13.8 Å². The fraction of sp³-hybridized carbons (Fsp3) is 0.381. The summed E-state index contributed by atoms with van der Waals surface area (Å²) in [5.74, 6) is 0.0128. The molecule has 0 saturated heterocycles. The summed E-state index contributed by atoms with van der Waals surface area (Å²) in [5.41, 5.74) is 4.29. The number of rotatable bonds is 5. The van der Waals surface area contributed by atoms with Crippen molar-refractivity contribution in [1.29, 1.82) is 0 Å². The van der Waals surface area contributed by atoms with E-state index in [9.17, 15) is 4.79 Å². The molecule has 2 aromatic carbocycles. The summed E-state index contributed by atoms with van der Waals surface area (Å²) >= 11 is 0. The molecule has 0 bridgehead atoms. The maximum atomic E-state index is 12.5. The standard InChI is InChI=1S/C21H27NO/c1-15-11-12-19(16(2)13-15)20(23)22-17(3)14-21(4,5)18-9-7-6-8-10-18/h6-13,17H,14H2,1-5H3,(H,22,23)/t17-/m1/s1. The molecule has 0 unspecified atom stereocenters. The van der Waals surface area contributed by atoms with Crippen molar-refractivity contribution in [2.75, 3.05) is 0 Å². The van der Waals surface area contributed by atoms with Gasteiger partial charge in [-0.15, -0.1) is 0 Å². The normalized spacial score (nSPS) is 12.7. The van der Waals surface area contributed by atoms with Gasteiger partial charge in [-0.25, -0.2) is 0 Å². The van der Waals surface area contributed by atoms with E-state index >= 15 is 0 Å². The molecule has 0 saturated carbocycles. The van der Waals surface area contributed by atoms with Gasteiger partial charge in [-0.05, 0) is 49.8 Å². The molecule has 1 atom stereocenters. The van der Waals surface area contributed by atoms with Gasteiger partial charge in [0.25, 0.3) is 5.91 Å². The molecule has 2 heteroatoms. The van der Waals surface area contributed by atoms with Crippen LogP contribution in [0.3, 0.4) is 0 Å². The molecule has 2 aromatic rings. The maximum Gasteiger partial charge on any atom is 0.251 e. The maximum absolute atomic E-state index is 12.5. The fourth-order valence-electron chi connectivity index (χ4n) is 3.19. The van der Waals surface area contributed by atoms with Gasteiger partial charge in [-0.2, -0.15) is 0 Å². The molecular weight excluding hydrogens is 282 g/mol. The highest BCUT2D eigenvalue weighted by Crippen LogP contribution is 2.28. The smallest absolute Gasteiger partial charge is 0.251 e. The summed E-state index contributed by atoms with van der Waals surface area (Å²) in [4.78, 5) is 12.5. The van der Waals surface area contributed by atoms with Crippen LogP contribution in [0.2, 0.25) is 0 Å². The molecule has 0 spiro atoms. The molecule has 0 aliphatic rings. The summed E-state index contributed by atoms with van der Waals surface area (Å²) < 4.78 is 0. The molecule has 2 nitrogen and oxygen atoms in total. The Morgan fingerprint density at radius 3 is 2.35 bits per heavy atom. The van der Waals surface area contributed by atoms with Gasteiger partial charge in [0.05, 0.1) is 0 Å². The van der Waals surface area contributed by atoms with Gasteiger partial charge in [0.15, 0.2) is 0 Å². The van der Waals surface area contributed by atoms with Crippen LogP contribution in [0.15, 0.2) is 48.5 Å². The Balaban J connectivity index is 2.04. The van der Waals surface area contributed by atoms with Crippen LogP contribution in [0.5, 0.6) is 0 Å². The lowest BCUT2D eigenvalue weighted by Gasteiger charge is -2.29. The minimum Gasteiger partial charge on any atom is -0.350 e. The van der Waals surface area contributed by atoms with Crippen molar-refractivity contribution in [2.45, 2.75) is 52.5 Å². The molecule has 122 valence electrons. The first-order valence-electron chi connectivity index (χ1n) is 8.23. The van der Waals surface area contributed by atoms with Gasteiger partial charge < -0.3 is 5.32 Å². The van der Waals surface area contributed by atoms with Crippen molar-refractivity contribution >= 4 is 5.91 Å². The number of amides is 1. The molecule has 1 amide bonds. The predicted octanol–water partition coefficient (Wildman–Crippen LogP) is 4.79. The lowest BCUT2D eigenvalue weighted by atomic mass is 9.79.